The molecular weight excluding hydrogens is 261 g/mol. The summed E-state index contributed by atoms with van der Waals surface area (Å²) in [6.45, 7) is 1.44. The first-order valence-corrected chi connectivity index (χ1v) is 7.08. The molecule has 0 aliphatic rings. The predicted molar refractivity (Wildman–Crippen MR) is 76.0 cm³/mol. The van der Waals surface area contributed by atoms with E-state index in [4.69, 9.17) is 0 Å². The number of halogens is 1. The van der Waals surface area contributed by atoms with Crippen molar-refractivity contribution in [2.45, 2.75) is 13.0 Å². The van der Waals surface area contributed by atoms with E-state index >= 15 is 0 Å². The van der Waals surface area contributed by atoms with Crippen LogP contribution in [0, 0.1) is 5.82 Å². The average molecular weight is 277 g/mol. The molecule has 0 fully saturated rings. The Morgan fingerprint density at radius 2 is 2.11 bits per heavy atom. The van der Waals surface area contributed by atoms with Crippen LogP contribution in [0.4, 0.5) is 4.39 Å². The minimum Gasteiger partial charge on any atom is -0.302 e. The van der Waals surface area contributed by atoms with E-state index < -0.39 is 5.82 Å². The molecule has 19 heavy (non-hydrogen) atoms. The Hall–Kier alpha value is -1.52. The molecule has 0 aliphatic heterocycles. The lowest BCUT2D eigenvalue weighted by Crippen LogP contribution is -2.21. The minimum absolute atomic E-state index is 0.143. The maximum Gasteiger partial charge on any atom is 0.167 e. The van der Waals surface area contributed by atoms with Crippen LogP contribution in [0.5, 0.6) is 0 Å². The average Bonchev–Trinajstić information content (AvgIpc) is 2.89. The third-order valence-electron chi connectivity index (χ3n) is 2.93. The van der Waals surface area contributed by atoms with Gasteiger partial charge in [-0.3, -0.25) is 4.79 Å². The summed E-state index contributed by atoms with van der Waals surface area (Å²) in [6, 6.07) is 8.21. The first kappa shape index (κ1) is 13.9. The largest absolute Gasteiger partial charge is 0.302 e. The van der Waals surface area contributed by atoms with Crippen LogP contribution in [-0.2, 0) is 6.54 Å². The first-order chi connectivity index (χ1) is 9.16. The van der Waals surface area contributed by atoms with E-state index in [1.807, 2.05) is 12.4 Å². The van der Waals surface area contributed by atoms with E-state index in [-0.39, 0.29) is 11.3 Å². The molecule has 0 saturated heterocycles. The molecular formula is C15H16FNOS. The van der Waals surface area contributed by atoms with Gasteiger partial charge in [-0.15, -0.1) is 0 Å². The van der Waals surface area contributed by atoms with Crippen LogP contribution >= 0.6 is 11.3 Å². The molecule has 0 N–H and O–H groups in total. The SMILES string of the molecule is CN(CCC(=O)c1ccccc1F)Cc1ccsc1. The molecule has 0 unspecified atom stereocenters. The molecule has 2 aromatic rings. The van der Waals surface area contributed by atoms with Gasteiger partial charge in [0.05, 0.1) is 5.56 Å². The lowest BCUT2D eigenvalue weighted by Gasteiger charge is -2.15. The number of carbonyl (C=O) groups excluding carboxylic acids is 1. The Bertz CT molecular complexity index is 539. The molecule has 0 radical (unpaired) electrons. The number of hydrogen-bond acceptors (Lipinski definition) is 3. The summed E-state index contributed by atoms with van der Waals surface area (Å²) in [7, 11) is 1.96. The number of rotatable bonds is 6. The fraction of sp³-hybridized carbons (Fsp3) is 0.267. The van der Waals surface area contributed by atoms with Gasteiger partial charge in [-0.25, -0.2) is 4.39 Å². The molecule has 1 aromatic carbocycles. The van der Waals surface area contributed by atoms with Crippen molar-refractivity contribution in [3.8, 4) is 0 Å². The molecule has 2 rings (SSSR count). The smallest absolute Gasteiger partial charge is 0.167 e. The molecule has 0 saturated carbocycles. The van der Waals surface area contributed by atoms with Crippen molar-refractivity contribution in [2.75, 3.05) is 13.6 Å². The van der Waals surface area contributed by atoms with Crippen LogP contribution in [-0.4, -0.2) is 24.3 Å². The van der Waals surface area contributed by atoms with Crippen LogP contribution in [0.1, 0.15) is 22.3 Å². The number of ketones is 1. The van der Waals surface area contributed by atoms with E-state index in [1.165, 1.54) is 17.7 Å². The zero-order valence-electron chi connectivity index (χ0n) is 10.8. The predicted octanol–water partition coefficient (Wildman–Crippen LogP) is 3.59. The van der Waals surface area contributed by atoms with Crippen LogP contribution in [0.15, 0.2) is 41.1 Å². The van der Waals surface area contributed by atoms with E-state index in [1.54, 1.807) is 23.5 Å². The zero-order valence-corrected chi connectivity index (χ0v) is 11.6. The Kier molecular flexibility index (Phi) is 4.82. The number of nitrogens with zero attached hydrogens (tertiary/aromatic N) is 1. The molecule has 2 nitrogen and oxygen atoms in total. The summed E-state index contributed by atoms with van der Waals surface area (Å²) >= 11 is 1.66. The molecule has 100 valence electrons. The van der Waals surface area contributed by atoms with Crippen molar-refractivity contribution < 1.29 is 9.18 Å². The van der Waals surface area contributed by atoms with Gasteiger partial charge in [0.15, 0.2) is 5.78 Å². The minimum atomic E-state index is -0.437. The molecule has 0 spiro atoms. The maximum atomic E-state index is 13.4. The van der Waals surface area contributed by atoms with Gasteiger partial charge in [-0.2, -0.15) is 11.3 Å². The number of Topliss-reactive ketones (excluding diaryl/α,β-unsaturated/α-hetero) is 1. The lowest BCUT2D eigenvalue weighted by atomic mass is 10.1. The number of carbonyl (C=O) groups is 1. The highest BCUT2D eigenvalue weighted by atomic mass is 32.1. The second-order valence-electron chi connectivity index (χ2n) is 4.52. The van der Waals surface area contributed by atoms with Gasteiger partial charge in [-0.05, 0) is 41.6 Å². The summed E-state index contributed by atoms with van der Waals surface area (Å²) in [5, 5.41) is 4.13. The first-order valence-electron chi connectivity index (χ1n) is 6.14. The highest BCUT2D eigenvalue weighted by Gasteiger charge is 2.11. The van der Waals surface area contributed by atoms with Crippen molar-refractivity contribution in [2.24, 2.45) is 0 Å². The number of benzene rings is 1. The lowest BCUT2D eigenvalue weighted by molar-refractivity contribution is 0.0964. The summed E-state index contributed by atoms with van der Waals surface area (Å²) < 4.78 is 13.4. The highest BCUT2D eigenvalue weighted by molar-refractivity contribution is 7.07. The summed E-state index contributed by atoms with van der Waals surface area (Å²) in [5.41, 5.74) is 1.43. The van der Waals surface area contributed by atoms with Gasteiger partial charge in [0.25, 0.3) is 0 Å². The monoisotopic (exact) mass is 277 g/mol. The Balaban J connectivity index is 1.85. The third kappa shape index (κ3) is 3.98. The number of hydrogen-bond donors (Lipinski definition) is 0. The molecule has 0 aliphatic carbocycles. The molecule has 0 atom stereocenters. The second kappa shape index (κ2) is 6.59. The summed E-state index contributed by atoms with van der Waals surface area (Å²) in [5.74, 6) is -0.580. The quantitative estimate of drug-likeness (QED) is 0.752. The molecule has 1 aromatic heterocycles. The third-order valence-corrected chi connectivity index (χ3v) is 3.66. The normalized spacial score (nSPS) is 10.9. The van der Waals surface area contributed by atoms with Crippen molar-refractivity contribution in [1.82, 2.24) is 4.90 Å². The Morgan fingerprint density at radius 1 is 1.32 bits per heavy atom. The topological polar surface area (TPSA) is 20.3 Å². The van der Waals surface area contributed by atoms with Crippen LogP contribution < -0.4 is 0 Å². The highest BCUT2D eigenvalue weighted by Crippen LogP contribution is 2.11. The standard InChI is InChI=1S/C15H16FNOS/c1-17(10-12-7-9-19-11-12)8-6-15(18)13-4-2-3-5-14(13)16/h2-5,7,9,11H,6,8,10H2,1H3. The maximum absolute atomic E-state index is 13.4. The van der Waals surface area contributed by atoms with Gasteiger partial charge < -0.3 is 4.90 Å². The van der Waals surface area contributed by atoms with Crippen LogP contribution in [0.2, 0.25) is 0 Å². The van der Waals surface area contributed by atoms with E-state index in [0.717, 1.165) is 6.54 Å². The van der Waals surface area contributed by atoms with Gasteiger partial charge in [0, 0.05) is 19.5 Å². The van der Waals surface area contributed by atoms with Crippen molar-refractivity contribution in [3.05, 3.63) is 58.0 Å². The molecule has 4 heteroatoms. The number of thiophene rings is 1. The summed E-state index contributed by atoms with van der Waals surface area (Å²) in [6.07, 6.45) is 0.335. The van der Waals surface area contributed by atoms with Crippen molar-refractivity contribution >= 4 is 17.1 Å². The summed E-state index contributed by atoms with van der Waals surface area (Å²) in [4.78, 5) is 14.0. The zero-order chi connectivity index (χ0) is 13.7. The van der Waals surface area contributed by atoms with E-state index in [0.29, 0.717) is 13.0 Å². The van der Waals surface area contributed by atoms with Crippen molar-refractivity contribution in [3.63, 3.8) is 0 Å². The van der Waals surface area contributed by atoms with Crippen LogP contribution in [0.25, 0.3) is 0 Å². The molecule has 1 heterocycles. The van der Waals surface area contributed by atoms with Gasteiger partial charge in [0.2, 0.25) is 0 Å². The van der Waals surface area contributed by atoms with E-state index in [2.05, 4.69) is 16.3 Å². The van der Waals surface area contributed by atoms with Gasteiger partial charge in [-0.1, -0.05) is 12.1 Å². The Labute approximate surface area is 116 Å². The fourth-order valence-electron chi connectivity index (χ4n) is 1.89. The molecule has 0 bridgehead atoms. The fourth-order valence-corrected chi connectivity index (χ4v) is 2.55. The van der Waals surface area contributed by atoms with Crippen LogP contribution in [0.3, 0.4) is 0 Å². The van der Waals surface area contributed by atoms with Gasteiger partial charge >= 0.3 is 0 Å². The second-order valence-corrected chi connectivity index (χ2v) is 5.30. The van der Waals surface area contributed by atoms with Gasteiger partial charge in [0.1, 0.15) is 5.82 Å². The Morgan fingerprint density at radius 3 is 2.79 bits per heavy atom. The van der Waals surface area contributed by atoms with E-state index in [9.17, 15) is 9.18 Å². The molecule has 0 amide bonds. The van der Waals surface area contributed by atoms with Crippen molar-refractivity contribution in [1.29, 1.82) is 0 Å².